The summed E-state index contributed by atoms with van der Waals surface area (Å²) >= 11 is 0. The number of hydrogen-bond acceptors (Lipinski definition) is 2. The first kappa shape index (κ1) is 12.3. The van der Waals surface area contributed by atoms with Gasteiger partial charge < -0.3 is 0 Å². The van der Waals surface area contributed by atoms with Gasteiger partial charge in [-0.1, -0.05) is 43.3 Å². The average molecular weight is 277 g/mol. The molecule has 2 aromatic rings. The van der Waals surface area contributed by atoms with Gasteiger partial charge in [-0.3, -0.25) is 14.5 Å². The molecule has 1 aliphatic heterocycles. The molecule has 2 aliphatic rings. The smallest absolute Gasteiger partial charge is 0.262 e. The van der Waals surface area contributed by atoms with Gasteiger partial charge in [-0.25, -0.2) is 0 Å². The summed E-state index contributed by atoms with van der Waals surface area (Å²) in [6, 6.07) is 15.0. The van der Waals surface area contributed by atoms with Crippen molar-refractivity contribution in [2.24, 2.45) is 5.92 Å². The summed E-state index contributed by atoms with van der Waals surface area (Å²) in [4.78, 5) is 26.8. The number of carbonyl (C=O) groups excluding carboxylic acids is 2. The van der Waals surface area contributed by atoms with Crippen molar-refractivity contribution in [3.8, 4) is 0 Å². The highest BCUT2D eigenvalue weighted by atomic mass is 16.2. The molecule has 0 spiro atoms. The molecule has 104 valence electrons. The standard InChI is InChI=1S/C18H15NO2/c1-11-10-12-6-2-3-7-13(12)16(11)19-17(20)14-8-4-5-9-15(14)18(19)21/h2-9,11,16H,10H2,1H3. The van der Waals surface area contributed by atoms with E-state index in [1.54, 1.807) is 24.3 Å². The summed E-state index contributed by atoms with van der Waals surface area (Å²) in [6.07, 6.45) is 0.911. The van der Waals surface area contributed by atoms with Gasteiger partial charge in [0.05, 0.1) is 17.2 Å². The van der Waals surface area contributed by atoms with Gasteiger partial charge in [0, 0.05) is 0 Å². The number of nitrogens with zero attached hydrogens (tertiary/aromatic N) is 1. The number of amides is 2. The van der Waals surface area contributed by atoms with Crippen molar-refractivity contribution >= 4 is 11.8 Å². The predicted octanol–water partition coefficient (Wildman–Crippen LogP) is 3.22. The maximum atomic E-state index is 12.7. The van der Waals surface area contributed by atoms with Gasteiger partial charge in [0.25, 0.3) is 11.8 Å². The topological polar surface area (TPSA) is 37.4 Å². The quantitative estimate of drug-likeness (QED) is 0.751. The third-order valence-corrected chi connectivity index (χ3v) is 4.56. The Bertz CT molecular complexity index is 730. The SMILES string of the molecule is CC1Cc2ccccc2C1N1C(=O)c2ccccc2C1=O. The third-order valence-electron chi connectivity index (χ3n) is 4.56. The summed E-state index contributed by atoms with van der Waals surface area (Å²) in [7, 11) is 0. The second-order valence-electron chi connectivity index (χ2n) is 5.85. The average Bonchev–Trinajstić information content (AvgIpc) is 2.95. The number of hydrogen-bond donors (Lipinski definition) is 0. The van der Waals surface area contributed by atoms with Gasteiger partial charge in [0.1, 0.15) is 0 Å². The van der Waals surface area contributed by atoms with E-state index in [-0.39, 0.29) is 23.8 Å². The van der Waals surface area contributed by atoms with Crippen LogP contribution in [-0.2, 0) is 6.42 Å². The molecular formula is C18H15NO2. The second-order valence-corrected chi connectivity index (χ2v) is 5.85. The first-order chi connectivity index (χ1) is 10.2. The van der Waals surface area contributed by atoms with Crippen LogP contribution in [0.15, 0.2) is 48.5 Å². The van der Waals surface area contributed by atoms with Crippen LogP contribution in [0.5, 0.6) is 0 Å². The molecule has 0 saturated heterocycles. The van der Waals surface area contributed by atoms with Gasteiger partial charge in [-0.05, 0) is 35.6 Å². The molecule has 3 heteroatoms. The van der Waals surface area contributed by atoms with E-state index in [4.69, 9.17) is 0 Å². The molecule has 21 heavy (non-hydrogen) atoms. The Hall–Kier alpha value is -2.42. The van der Waals surface area contributed by atoms with Gasteiger partial charge in [-0.15, -0.1) is 0 Å². The zero-order valence-corrected chi connectivity index (χ0v) is 11.7. The van der Waals surface area contributed by atoms with Gasteiger partial charge in [0.2, 0.25) is 0 Å². The molecule has 0 fully saturated rings. The van der Waals surface area contributed by atoms with E-state index in [0.29, 0.717) is 11.1 Å². The highest BCUT2D eigenvalue weighted by molar-refractivity contribution is 6.21. The van der Waals surface area contributed by atoms with Crippen molar-refractivity contribution in [1.29, 1.82) is 0 Å². The monoisotopic (exact) mass is 277 g/mol. The lowest BCUT2D eigenvalue weighted by atomic mass is 10.0. The normalized spacial score (nSPS) is 23.4. The summed E-state index contributed by atoms with van der Waals surface area (Å²) in [5, 5.41) is 0. The molecule has 4 rings (SSSR count). The molecule has 2 unspecified atom stereocenters. The maximum absolute atomic E-state index is 12.7. The lowest BCUT2D eigenvalue weighted by Crippen LogP contribution is -2.35. The third kappa shape index (κ3) is 1.60. The molecule has 0 radical (unpaired) electrons. The molecule has 2 atom stereocenters. The molecule has 2 amide bonds. The molecule has 2 aromatic carbocycles. The molecule has 0 bridgehead atoms. The van der Waals surface area contributed by atoms with Crippen LogP contribution in [0.4, 0.5) is 0 Å². The highest BCUT2D eigenvalue weighted by Gasteiger charge is 2.44. The number of fused-ring (bicyclic) bond motifs is 2. The van der Waals surface area contributed by atoms with E-state index < -0.39 is 0 Å². The highest BCUT2D eigenvalue weighted by Crippen LogP contribution is 2.43. The Morgan fingerprint density at radius 2 is 1.48 bits per heavy atom. The zero-order chi connectivity index (χ0) is 14.6. The minimum absolute atomic E-state index is 0.145. The molecule has 0 N–H and O–H groups in total. The van der Waals surface area contributed by atoms with Crippen LogP contribution in [-0.4, -0.2) is 16.7 Å². The minimum Gasteiger partial charge on any atom is -0.269 e. The van der Waals surface area contributed by atoms with E-state index in [0.717, 1.165) is 12.0 Å². The van der Waals surface area contributed by atoms with Gasteiger partial charge >= 0.3 is 0 Å². The van der Waals surface area contributed by atoms with Crippen molar-refractivity contribution in [3.05, 3.63) is 70.8 Å². The molecule has 0 saturated carbocycles. The Morgan fingerprint density at radius 1 is 0.905 bits per heavy atom. The van der Waals surface area contributed by atoms with E-state index in [2.05, 4.69) is 13.0 Å². The number of rotatable bonds is 1. The Balaban J connectivity index is 1.83. The summed E-state index contributed by atoms with van der Waals surface area (Å²) < 4.78 is 0. The molecular weight excluding hydrogens is 262 g/mol. The summed E-state index contributed by atoms with van der Waals surface area (Å²) in [6.45, 7) is 2.11. The number of carbonyl (C=O) groups is 2. The minimum atomic E-state index is -0.163. The van der Waals surface area contributed by atoms with E-state index >= 15 is 0 Å². The Kier molecular flexibility index (Phi) is 2.52. The molecule has 1 heterocycles. The first-order valence-corrected chi connectivity index (χ1v) is 7.23. The van der Waals surface area contributed by atoms with Crippen LogP contribution in [0.25, 0.3) is 0 Å². The van der Waals surface area contributed by atoms with Crippen LogP contribution in [0, 0.1) is 5.92 Å². The van der Waals surface area contributed by atoms with Crippen molar-refractivity contribution in [1.82, 2.24) is 4.90 Å². The van der Waals surface area contributed by atoms with Crippen molar-refractivity contribution in [3.63, 3.8) is 0 Å². The fourth-order valence-electron chi connectivity index (χ4n) is 3.63. The van der Waals surface area contributed by atoms with Gasteiger partial charge in [-0.2, -0.15) is 0 Å². The maximum Gasteiger partial charge on any atom is 0.262 e. The zero-order valence-electron chi connectivity index (χ0n) is 11.7. The number of benzene rings is 2. The van der Waals surface area contributed by atoms with Crippen LogP contribution in [0.3, 0.4) is 0 Å². The van der Waals surface area contributed by atoms with Crippen LogP contribution in [0.1, 0.15) is 44.8 Å². The fraction of sp³-hybridized carbons (Fsp3) is 0.222. The predicted molar refractivity (Wildman–Crippen MR) is 79.0 cm³/mol. The van der Waals surface area contributed by atoms with E-state index in [1.807, 2.05) is 18.2 Å². The molecule has 0 aromatic heterocycles. The van der Waals surface area contributed by atoms with E-state index in [9.17, 15) is 9.59 Å². The van der Waals surface area contributed by atoms with Crippen LogP contribution >= 0.6 is 0 Å². The fourth-order valence-corrected chi connectivity index (χ4v) is 3.63. The summed E-state index contributed by atoms with van der Waals surface area (Å²) in [5.74, 6) is -0.0714. The summed E-state index contributed by atoms with van der Waals surface area (Å²) in [5.41, 5.74) is 3.41. The lowest BCUT2D eigenvalue weighted by Gasteiger charge is -2.26. The molecule has 1 aliphatic carbocycles. The van der Waals surface area contributed by atoms with Crippen molar-refractivity contribution in [2.75, 3.05) is 0 Å². The van der Waals surface area contributed by atoms with E-state index in [1.165, 1.54) is 10.5 Å². The van der Waals surface area contributed by atoms with Crippen LogP contribution in [0.2, 0.25) is 0 Å². The largest absolute Gasteiger partial charge is 0.269 e. The van der Waals surface area contributed by atoms with Crippen molar-refractivity contribution in [2.45, 2.75) is 19.4 Å². The number of imide groups is 1. The van der Waals surface area contributed by atoms with Crippen LogP contribution < -0.4 is 0 Å². The molecule has 3 nitrogen and oxygen atoms in total. The van der Waals surface area contributed by atoms with Crippen molar-refractivity contribution < 1.29 is 9.59 Å². The lowest BCUT2D eigenvalue weighted by molar-refractivity contribution is 0.0545. The second kappa shape index (κ2) is 4.29. The Morgan fingerprint density at radius 3 is 2.14 bits per heavy atom. The Labute approximate surface area is 123 Å². The first-order valence-electron chi connectivity index (χ1n) is 7.23. The van der Waals surface area contributed by atoms with Gasteiger partial charge in [0.15, 0.2) is 0 Å².